The molecule has 31 heavy (non-hydrogen) atoms. The van der Waals surface area contributed by atoms with E-state index < -0.39 is 6.10 Å². The van der Waals surface area contributed by atoms with Gasteiger partial charge in [0.1, 0.15) is 6.61 Å². The summed E-state index contributed by atoms with van der Waals surface area (Å²) in [5.74, 6) is 6.92. The van der Waals surface area contributed by atoms with E-state index in [2.05, 4.69) is 17.9 Å². The van der Waals surface area contributed by atoms with Gasteiger partial charge in [-0.15, -0.1) is 11.8 Å². The van der Waals surface area contributed by atoms with Gasteiger partial charge in [-0.3, -0.25) is 4.79 Å². The Morgan fingerprint density at radius 2 is 2.06 bits per heavy atom. The van der Waals surface area contributed by atoms with Gasteiger partial charge >= 0.3 is 0 Å². The van der Waals surface area contributed by atoms with Crippen molar-refractivity contribution >= 4 is 5.91 Å². The van der Waals surface area contributed by atoms with Gasteiger partial charge < -0.3 is 19.8 Å². The predicted molar refractivity (Wildman–Crippen MR) is 124 cm³/mol. The number of rotatable bonds is 8. The minimum absolute atomic E-state index is 0.0137. The van der Waals surface area contributed by atoms with Gasteiger partial charge in [0.15, 0.2) is 0 Å². The maximum atomic E-state index is 12.2. The molecule has 2 fully saturated rings. The van der Waals surface area contributed by atoms with Crippen molar-refractivity contribution < 1.29 is 19.7 Å². The van der Waals surface area contributed by atoms with Crippen LogP contribution in [0.25, 0.3) is 0 Å². The molecule has 2 rings (SSSR count). The van der Waals surface area contributed by atoms with Crippen LogP contribution in [0, 0.1) is 35.5 Å². The largest absolute Gasteiger partial charge is 0.392 e. The lowest BCUT2D eigenvalue weighted by atomic mass is 9.89. The van der Waals surface area contributed by atoms with Gasteiger partial charge in [-0.2, -0.15) is 0 Å². The van der Waals surface area contributed by atoms with Crippen LogP contribution >= 0.6 is 0 Å². The molecule has 2 aliphatic rings. The Morgan fingerprint density at radius 3 is 2.71 bits per heavy atom. The topological polar surface area (TPSA) is 70.0 Å². The molecule has 0 aliphatic heterocycles. The lowest BCUT2D eigenvalue weighted by molar-refractivity contribution is -0.138. The summed E-state index contributed by atoms with van der Waals surface area (Å²) >= 11 is 0. The highest BCUT2D eigenvalue weighted by molar-refractivity contribution is 5.77. The Kier molecular flexibility index (Phi) is 9.36. The lowest BCUT2D eigenvalue weighted by Gasteiger charge is -2.31. The standard InChI is InChI=1S/C26H41NO4/c1-7-8-9-18(2)23(28)11-10-21-22-15-19(14-20(22)16-24(21)29)12-13-31-17-25(30)27(6)26(3,4)5/h10-12,18,20-24,28-29H,9,13-17H2,1-6H3/b11-10+,19-12?/t18-,20+,21-,22+,23+,24-/m1/s1. The summed E-state index contributed by atoms with van der Waals surface area (Å²) in [6, 6.07) is 0. The summed E-state index contributed by atoms with van der Waals surface area (Å²) in [4.78, 5) is 13.9. The van der Waals surface area contributed by atoms with Crippen molar-refractivity contribution in [3.05, 3.63) is 23.8 Å². The SMILES string of the molecule is CC#CC[C@@H](C)[C@@H](O)/C=C/[C@@H]1[C@H]2CC(=CCOCC(=O)N(C)C(C)(C)C)C[C@H]2C[C@H]1O. The molecule has 2 N–H and O–H groups in total. The van der Waals surface area contributed by atoms with E-state index in [4.69, 9.17) is 4.74 Å². The predicted octanol–water partition coefficient (Wildman–Crippen LogP) is 3.56. The Hall–Kier alpha value is -1.61. The van der Waals surface area contributed by atoms with Gasteiger partial charge in [0.25, 0.3) is 0 Å². The van der Waals surface area contributed by atoms with Gasteiger partial charge in [0, 0.05) is 24.9 Å². The van der Waals surface area contributed by atoms with Crippen LogP contribution in [0.4, 0.5) is 0 Å². The quantitative estimate of drug-likeness (QED) is 0.350. The minimum atomic E-state index is -0.541. The number of fused-ring (bicyclic) bond motifs is 1. The highest BCUT2D eigenvalue weighted by Crippen LogP contribution is 2.50. The summed E-state index contributed by atoms with van der Waals surface area (Å²) in [5.41, 5.74) is 1.14. The van der Waals surface area contributed by atoms with Crippen LogP contribution in [-0.2, 0) is 9.53 Å². The molecule has 0 heterocycles. The molecule has 0 saturated heterocycles. The third kappa shape index (κ3) is 7.20. The summed E-state index contributed by atoms with van der Waals surface area (Å²) in [6.45, 7) is 10.3. The molecular weight excluding hydrogens is 390 g/mol. The first kappa shape index (κ1) is 25.6. The maximum Gasteiger partial charge on any atom is 0.248 e. The number of likely N-dealkylation sites (N-methyl/N-ethyl adjacent to an activating group) is 1. The zero-order chi connectivity index (χ0) is 23.2. The molecule has 0 spiro atoms. The third-order valence-corrected chi connectivity index (χ3v) is 6.92. The number of aliphatic hydroxyl groups is 2. The van der Waals surface area contributed by atoms with Gasteiger partial charge in [0.05, 0.1) is 18.8 Å². The Morgan fingerprint density at radius 1 is 1.35 bits per heavy atom. The van der Waals surface area contributed by atoms with Crippen LogP contribution < -0.4 is 0 Å². The number of allylic oxidation sites excluding steroid dienone is 1. The summed E-state index contributed by atoms with van der Waals surface area (Å²) < 4.78 is 5.61. The lowest BCUT2D eigenvalue weighted by Crippen LogP contribution is -2.44. The minimum Gasteiger partial charge on any atom is -0.392 e. The summed E-state index contributed by atoms with van der Waals surface area (Å²) in [6.07, 6.45) is 8.50. The van der Waals surface area contributed by atoms with E-state index in [9.17, 15) is 15.0 Å². The number of ether oxygens (including phenoxy) is 1. The Bertz CT molecular complexity index is 724. The van der Waals surface area contributed by atoms with Gasteiger partial charge in [-0.25, -0.2) is 0 Å². The molecule has 2 saturated carbocycles. The summed E-state index contributed by atoms with van der Waals surface area (Å²) in [5, 5.41) is 20.9. The number of nitrogens with zero attached hydrogens (tertiary/aromatic N) is 1. The second-order valence-corrected chi connectivity index (χ2v) is 10.2. The van der Waals surface area contributed by atoms with E-state index >= 15 is 0 Å². The summed E-state index contributed by atoms with van der Waals surface area (Å²) in [7, 11) is 1.80. The molecule has 174 valence electrons. The van der Waals surface area contributed by atoms with E-state index in [1.54, 1.807) is 11.9 Å². The number of amides is 1. The first-order chi connectivity index (χ1) is 14.5. The number of hydrogen-bond donors (Lipinski definition) is 2. The molecule has 0 bridgehead atoms. The fourth-order valence-corrected chi connectivity index (χ4v) is 4.55. The fourth-order valence-electron chi connectivity index (χ4n) is 4.55. The normalized spacial score (nSPS) is 29.0. The number of aliphatic hydroxyl groups excluding tert-OH is 2. The van der Waals surface area contributed by atoms with Crippen LogP contribution in [0.15, 0.2) is 23.8 Å². The first-order valence-corrected chi connectivity index (χ1v) is 11.5. The van der Waals surface area contributed by atoms with E-state index in [-0.39, 0.29) is 36.0 Å². The van der Waals surface area contributed by atoms with Gasteiger partial charge in [-0.1, -0.05) is 30.7 Å². The first-order valence-electron chi connectivity index (χ1n) is 11.5. The van der Waals surface area contributed by atoms with E-state index in [0.29, 0.717) is 24.9 Å². The van der Waals surface area contributed by atoms with Crippen LogP contribution in [-0.4, -0.2) is 59.0 Å². The molecule has 6 atom stereocenters. The molecule has 0 radical (unpaired) electrons. The van der Waals surface area contributed by atoms with Crippen LogP contribution in [0.2, 0.25) is 0 Å². The Labute approximate surface area is 188 Å². The Balaban J connectivity index is 1.85. The van der Waals surface area contributed by atoms with Gasteiger partial charge in [-0.05, 0) is 64.7 Å². The molecule has 0 unspecified atom stereocenters. The van der Waals surface area contributed by atoms with E-state index in [1.165, 1.54) is 5.57 Å². The zero-order valence-electron chi connectivity index (χ0n) is 20.1. The van der Waals surface area contributed by atoms with E-state index in [0.717, 1.165) is 19.3 Å². The molecule has 5 nitrogen and oxygen atoms in total. The zero-order valence-corrected chi connectivity index (χ0v) is 20.1. The molecule has 0 aromatic heterocycles. The molecular formula is C26H41NO4. The van der Waals surface area contributed by atoms with Crippen molar-refractivity contribution in [1.29, 1.82) is 0 Å². The molecule has 5 heteroatoms. The van der Waals surface area contributed by atoms with Crippen LogP contribution in [0.3, 0.4) is 0 Å². The van der Waals surface area contributed by atoms with Crippen molar-refractivity contribution in [2.24, 2.45) is 23.7 Å². The third-order valence-electron chi connectivity index (χ3n) is 6.92. The molecule has 0 aromatic rings. The fraction of sp³-hybridized carbons (Fsp3) is 0.731. The average Bonchev–Trinajstić information content (AvgIpc) is 3.22. The monoisotopic (exact) mass is 431 g/mol. The van der Waals surface area contributed by atoms with Crippen LogP contribution in [0.5, 0.6) is 0 Å². The van der Waals surface area contributed by atoms with E-state index in [1.807, 2.05) is 46.8 Å². The van der Waals surface area contributed by atoms with Gasteiger partial charge in [0.2, 0.25) is 5.91 Å². The van der Waals surface area contributed by atoms with Crippen molar-refractivity contribution in [2.75, 3.05) is 20.3 Å². The second kappa shape index (κ2) is 11.3. The van der Waals surface area contributed by atoms with Crippen molar-refractivity contribution in [2.45, 2.75) is 78.0 Å². The number of carbonyl (C=O) groups excluding carboxylic acids is 1. The molecule has 2 aliphatic carbocycles. The van der Waals surface area contributed by atoms with Crippen molar-refractivity contribution in [3.8, 4) is 11.8 Å². The second-order valence-electron chi connectivity index (χ2n) is 10.2. The van der Waals surface area contributed by atoms with Crippen LogP contribution in [0.1, 0.15) is 60.3 Å². The smallest absolute Gasteiger partial charge is 0.248 e. The molecule has 1 amide bonds. The van der Waals surface area contributed by atoms with Crippen molar-refractivity contribution in [1.82, 2.24) is 4.90 Å². The highest BCUT2D eigenvalue weighted by Gasteiger charge is 2.45. The average molecular weight is 432 g/mol. The number of hydrogen-bond acceptors (Lipinski definition) is 4. The highest BCUT2D eigenvalue weighted by atomic mass is 16.5. The maximum absolute atomic E-state index is 12.2. The van der Waals surface area contributed by atoms with Crippen molar-refractivity contribution in [3.63, 3.8) is 0 Å². The number of carbonyl (C=O) groups is 1. The molecule has 0 aromatic carbocycles.